The van der Waals surface area contributed by atoms with Gasteiger partial charge in [-0.3, -0.25) is 18.7 Å². The second kappa shape index (κ2) is 7.22. The number of fused-ring (bicyclic) bond motifs is 1. The Kier molecular flexibility index (Phi) is 4.83. The number of hydrogen-bond acceptors (Lipinski definition) is 5. The fraction of sp³-hybridized carbons (Fsp3) is 0.222. The van der Waals surface area contributed by atoms with Crippen molar-refractivity contribution in [1.82, 2.24) is 14.1 Å². The molecule has 2 heterocycles. The molecule has 1 amide bonds. The van der Waals surface area contributed by atoms with Crippen molar-refractivity contribution < 1.29 is 4.79 Å². The van der Waals surface area contributed by atoms with Crippen LogP contribution in [0.3, 0.4) is 0 Å². The van der Waals surface area contributed by atoms with Crippen molar-refractivity contribution >= 4 is 28.3 Å². The Labute approximate surface area is 149 Å². The molecule has 0 saturated heterocycles. The summed E-state index contributed by atoms with van der Waals surface area (Å²) in [7, 11) is 1.75. The number of nitrogens with zero attached hydrogens (tertiary/aromatic N) is 3. The standard InChI is InChI=1S/C18H19N5O3/c1-3-22-17(25)13-6-4-5-7-14(13)23(18(22)26)11-16(24)21-12-8-9-15(19-2)20-10-12/h4-10H,3,11H2,1-2H3,(H,19,20)(H,21,24). The van der Waals surface area contributed by atoms with Gasteiger partial charge in [-0.05, 0) is 31.2 Å². The number of hydrogen-bond donors (Lipinski definition) is 2. The maximum absolute atomic E-state index is 12.6. The van der Waals surface area contributed by atoms with Gasteiger partial charge >= 0.3 is 5.69 Å². The van der Waals surface area contributed by atoms with Gasteiger partial charge in [0.15, 0.2) is 0 Å². The Bertz CT molecular complexity index is 1070. The maximum atomic E-state index is 12.6. The SMILES string of the molecule is CCn1c(=O)c2ccccc2n(CC(=O)Nc2ccc(NC)nc2)c1=O. The number of amides is 1. The van der Waals surface area contributed by atoms with Crippen LogP contribution < -0.4 is 21.9 Å². The molecule has 0 aliphatic heterocycles. The van der Waals surface area contributed by atoms with Crippen LogP contribution in [0.15, 0.2) is 52.2 Å². The molecule has 0 unspecified atom stereocenters. The van der Waals surface area contributed by atoms with E-state index in [9.17, 15) is 14.4 Å². The van der Waals surface area contributed by atoms with Crippen LogP contribution in [0.2, 0.25) is 0 Å². The van der Waals surface area contributed by atoms with Crippen molar-refractivity contribution in [2.75, 3.05) is 17.7 Å². The van der Waals surface area contributed by atoms with Crippen LogP contribution in [0.25, 0.3) is 10.9 Å². The third-order valence-electron chi connectivity index (χ3n) is 4.05. The second-order valence-corrected chi connectivity index (χ2v) is 5.67. The smallest absolute Gasteiger partial charge is 0.331 e. The lowest BCUT2D eigenvalue weighted by molar-refractivity contribution is -0.116. The molecule has 1 aromatic carbocycles. The van der Waals surface area contributed by atoms with Crippen LogP contribution in [0.1, 0.15) is 6.92 Å². The average molecular weight is 353 g/mol. The van der Waals surface area contributed by atoms with Crippen LogP contribution in [-0.4, -0.2) is 27.1 Å². The van der Waals surface area contributed by atoms with Crippen LogP contribution in [0, 0.1) is 0 Å². The average Bonchev–Trinajstić information content (AvgIpc) is 2.66. The number of pyridine rings is 1. The molecule has 0 aliphatic carbocycles. The molecule has 0 spiro atoms. The van der Waals surface area contributed by atoms with E-state index < -0.39 is 5.69 Å². The zero-order valence-corrected chi connectivity index (χ0v) is 14.5. The molecule has 2 N–H and O–H groups in total. The molecule has 3 rings (SSSR count). The summed E-state index contributed by atoms with van der Waals surface area (Å²) in [6.07, 6.45) is 1.53. The largest absolute Gasteiger partial charge is 0.373 e. The highest BCUT2D eigenvalue weighted by atomic mass is 16.2. The summed E-state index contributed by atoms with van der Waals surface area (Å²) >= 11 is 0. The summed E-state index contributed by atoms with van der Waals surface area (Å²) in [5.74, 6) is 0.304. The van der Waals surface area contributed by atoms with Gasteiger partial charge in [-0.25, -0.2) is 9.78 Å². The summed E-state index contributed by atoms with van der Waals surface area (Å²) in [6.45, 7) is 1.75. The minimum atomic E-state index is -0.505. The number of benzene rings is 1. The minimum Gasteiger partial charge on any atom is -0.373 e. The first-order chi connectivity index (χ1) is 12.5. The zero-order chi connectivity index (χ0) is 18.7. The molecule has 2 aromatic heterocycles. The number of carbonyl (C=O) groups is 1. The van der Waals surface area contributed by atoms with E-state index in [1.807, 2.05) is 0 Å². The summed E-state index contributed by atoms with van der Waals surface area (Å²) < 4.78 is 2.43. The summed E-state index contributed by atoms with van der Waals surface area (Å²) in [6, 6.07) is 10.2. The number of aromatic nitrogens is 3. The second-order valence-electron chi connectivity index (χ2n) is 5.67. The fourth-order valence-electron chi connectivity index (χ4n) is 2.76. The van der Waals surface area contributed by atoms with Gasteiger partial charge in [0.05, 0.1) is 22.8 Å². The number of nitrogens with one attached hydrogen (secondary N) is 2. The van der Waals surface area contributed by atoms with Crippen LogP contribution in [0.4, 0.5) is 11.5 Å². The summed E-state index contributed by atoms with van der Waals surface area (Å²) in [4.78, 5) is 41.6. The normalized spacial score (nSPS) is 10.7. The van der Waals surface area contributed by atoms with Gasteiger partial charge in [0.25, 0.3) is 5.56 Å². The van der Waals surface area contributed by atoms with Gasteiger partial charge < -0.3 is 10.6 Å². The molecule has 134 valence electrons. The Morgan fingerprint density at radius 3 is 2.54 bits per heavy atom. The predicted octanol–water partition coefficient (Wildman–Crippen LogP) is 1.26. The highest BCUT2D eigenvalue weighted by Gasteiger charge is 2.14. The third-order valence-corrected chi connectivity index (χ3v) is 4.05. The van der Waals surface area contributed by atoms with E-state index in [0.29, 0.717) is 22.4 Å². The van der Waals surface area contributed by atoms with Crippen molar-refractivity contribution in [3.8, 4) is 0 Å². The number of para-hydroxylation sites is 1. The monoisotopic (exact) mass is 353 g/mol. The predicted molar refractivity (Wildman–Crippen MR) is 101 cm³/mol. The molecule has 26 heavy (non-hydrogen) atoms. The van der Waals surface area contributed by atoms with Gasteiger partial charge in [0.1, 0.15) is 12.4 Å². The molecule has 0 bridgehead atoms. The summed E-state index contributed by atoms with van der Waals surface area (Å²) in [5.41, 5.74) is 0.104. The molecule has 3 aromatic rings. The minimum absolute atomic E-state index is 0.201. The lowest BCUT2D eigenvalue weighted by atomic mass is 10.2. The molecule has 0 aliphatic rings. The van der Waals surface area contributed by atoms with Gasteiger partial charge in [0, 0.05) is 13.6 Å². The van der Waals surface area contributed by atoms with E-state index in [1.165, 1.54) is 10.8 Å². The van der Waals surface area contributed by atoms with Crippen molar-refractivity contribution in [2.24, 2.45) is 0 Å². The van der Waals surface area contributed by atoms with Crippen molar-refractivity contribution in [3.05, 3.63) is 63.4 Å². The lowest BCUT2D eigenvalue weighted by Crippen LogP contribution is -2.41. The molecule has 0 atom stereocenters. The van der Waals surface area contributed by atoms with Crippen molar-refractivity contribution in [3.63, 3.8) is 0 Å². The first kappa shape index (κ1) is 17.4. The van der Waals surface area contributed by atoms with E-state index in [2.05, 4.69) is 15.6 Å². The highest BCUT2D eigenvalue weighted by molar-refractivity contribution is 5.91. The third kappa shape index (κ3) is 3.21. The fourth-order valence-corrected chi connectivity index (χ4v) is 2.76. The number of anilines is 2. The van der Waals surface area contributed by atoms with E-state index >= 15 is 0 Å². The highest BCUT2D eigenvalue weighted by Crippen LogP contribution is 2.10. The summed E-state index contributed by atoms with van der Waals surface area (Å²) in [5, 5.41) is 6.01. The van der Waals surface area contributed by atoms with E-state index in [4.69, 9.17) is 0 Å². The lowest BCUT2D eigenvalue weighted by Gasteiger charge is -2.13. The van der Waals surface area contributed by atoms with Gasteiger partial charge in [-0.1, -0.05) is 12.1 Å². The van der Waals surface area contributed by atoms with Gasteiger partial charge in [0.2, 0.25) is 5.91 Å². The van der Waals surface area contributed by atoms with Crippen molar-refractivity contribution in [2.45, 2.75) is 20.0 Å². The molecule has 0 saturated carbocycles. The molecule has 0 radical (unpaired) electrons. The topological polar surface area (TPSA) is 98.0 Å². The Morgan fingerprint density at radius 1 is 1.12 bits per heavy atom. The van der Waals surface area contributed by atoms with Gasteiger partial charge in [-0.15, -0.1) is 0 Å². The Morgan fingerprint density at radius 2 is 1.88 bits per heavy atom. The van der Waals surface area contributed by atoms with E-state index in [1.54, 1.807) is 50.4 Å². The van der Waals surface area contributed by atoms with Crippen LogP contribution in [-0.2, 0) is 17.9 Å². The Balaban J connectivity index is 1.96. The quantitative estimate of drug-likeness (QED) is 0.720. The number of carbonyl (C=O) groups excluding carboxylic acids is 1. The molecule has 8 nitrogen and oxygen atoms in total. The Hall–Kier alpha value is -3.42. The molecular weight excluding hydrogens is 334 g/mol. The zero-order valence-electron chi connectivity index (χ0n) is 14.5. The molecule has 8 heteroatoms. The number of rotatable bonds is 5. The molecular formula is C18H19N5O3. The van der Waals surface area contributed by atoms with Crippen LogP contribution in [0.5, 0.6) is 0 Å². The van der Waals surface area contributed by atoms with Crippen molar-refractivity contribution in [1.29, 1.82) is 0 Å². The van der Waals surface area contributed by atoms with Crippen LogP contribution >= 0.6 is 0 Å². The van der Waals surface area contributed by atoms with Gasteiger partial charge in [-0.2, -0.15) is 0 Å². The first-order valence-electron chi connectivity index (χ1n) is 8.21. The molecule has 0 fully saturated rings. The van der Waals surface area contributed by atoms with E-state index in [0.717, 1.165) is 4.57 Å². The van der Waals surface area contributed by atoms with E-state index in [-0.39, 0.29) is 24.6 Å². The first-order valence-corrected chi connectivity index (χ1v) is 8.21. The maximum Gasteiger partial charge on any atom is 0.331 e.